The Balaban J connectivity index is 1.66. The molecule has 5 heteroatoms. The van der Waals surface area contributed by atoms with E-state index in [4.69, 9.17) is 9.84 Å². The molecule has 0 aromatic carbocycles. The minimum absolute atomic E-state index is 0.285. The number of hydrogen-bond acceptors (Lipinski definition) is 3. The standard InChI is InChI=1S/C18H29N3O2/c1-3-10-21-17-9-12-23-13-15(17)16(19-21)7-8-18(22)20-11-5-4-6-14(20)2/h14H,3-13H2,1-2H3. The Kier molecular flexibility index (Phi) is 5.36. The number of ether oxygens (including phenoxy) is 1. The van der Waals surface area contributed by atoms with Crippen LogP contribution in [-0.4, -0.2) is 39.8 Å². The highest BCUT2D eigenvalue weighted by Crippen LogP contribution is 2.23. The maximum absolute atomic E-state index is 12.5. The lowest BCUT2D eigenvalue weighted by Gasteiger charge is -2.33. The largest absolute Gasteiger partial charge is 0.376 e. The van der Waals surface area contributed by atoms with Gasteiger partial charge >= 0.3 is 0 Å². The Morgan fingerprint density at radius 1 is 1.39 bits per heavy atom. The van der Waals surface area contributed by atoms with Gasteiger partial charge in [0.15, 0.2) is 0 Å². The van der Waals surface area contributed by atoms with Crippen LogP contribution in [0.2, 0.25) is 0 Å². The summed E-state index contributed by atoms with van der Waals surface area (Å²) < 4.78 is 7.76. The Morgan fingerprint density at radius 3 is 3.04 bits per heavy atom. The van der Waals surface area contributed by atoms with Gasteiger partial charge in [-0.05, 0) is 32.6 Å². The van der Waals surface area contributed by atoms with E-state index in [1.54, 1.807) is 0 Å². The van der Waals surface area contributed by atoms with Crippen molar-refractivity contribution in [1.82, 2.24) is 14.7 Å². The molecule has 1 saturated heterocycles. The number of likely N-dealkylation sites (tertiary alicyclic amines) is 1. The normalized spacial score (nSPS) is 21.3. The summed E-state index contributed by atoms with van der Waals surface area (Å²) in [5.41, 5.74) is 3.64. The number of nitrogens with zero attached hydrogens (tertiary/aromatic N) is 3. The molecule has 2 aliphatic rings. The number of aromatic nitrogens is 2. The Morgan fingerprint density at radius 2 is 2.26 bits per heavy atom. The molecular formula is C18H29N3O2. The summed E-state index contributed by atoms with van der Waals surface area (Å²) in [5.74, 6) is 0.285. The van der Waals surface area contributed by atoms with Crippen molar-refractivity contribution in [2.24, 2.45) is 0 Å². The number of hydrogen-bond donors (Lipinski definition) is 0. The van der Waals surface area contributed by atoms with Gasteiger partial charge in [-0.1, -0.05) is 6.92 Å². The van der Waals surface area contributed by atoms with Gasteiger partial charge in [0.2, 0.25) is 5.91 Å². The minimum atomic E-state index is 0.285. The molecule has 3 rings (SSSR count). The van der Waals surface area contributed by atoms with E-state index in [1.165, 1.54) is 17.7 Å². The fourth-order valence-corrected chi connectivity index (χ4v) is 3.81. The fraction of sp³-hybridized carbons (Fsp3) is 0.778. The second-order valence-electron chi connectivity index (χ2n) is 6.83. The van der Waals surface area contributed by atoms with Crippen molar-refractivity contribution >= 4 is 5.91 Å². The van der Waals surface area contributed by atoms with E-state index >= 15 is 0 Å². The van der Waals surface area contributed by atoms with Crippen LogP contribution in [-0.2, 0) is 35.5 Å². The average molecular weight is 319 g/mol. The highest BCUT2D eigenvalue weighted by Gasteiger charge is 2.25. The van der Waals surface area contributed by atoms with Crippen molar-refractivity contribution in [3.8, 4) is 0 Å². The molecule has 0 N–H and O–H groups in total. The Bertz CT molecular complexity index is 553. The highest BCUT2D eigenvalue weighted by molar-refractivity contribution is 5.76. The van der Waals surface area contributed by atoms with Gasteiger partial charge in [0, 0.05) is 49.7 Å². The van der Waals surface area contributed by atoms with Crippen LogP contribution < -0.4 is 0 Å². The Hall–Kier alpha value is -1.36. The molecule has 3 heterocycles. The number of amides is 1. The maximum Gasteiger partial charge on any atom is 0.223 e. The maximum atomic E-state index is 12.5. The topological polar surface area (TPSA) is 47.4 Å². The van der Waals surface area contributed by atoms with Gasteiger partial charge in [-0.2, -0.15) is 5.10 Å². The van der Waals surface area contributed by atoms with E-state index in [-0.39, 0.29) is 5.91 Å². The molecule has 23 heavy (non-hydrogen) atoms. The first-order valence-electron chi connectivity index (χ1n) is 9.15. The van der Waals surface area contributed by atoms with Crippen LogP contribution >= 0.6 is 0 Å². The number of fused-ring (bicyclic) bond motifs is 1. The predicted molar refractivity (Wildman–Crippen MR) is 89.2 cm³/mol. The molecule has 0 bridgehead atoms. The summed E-state index contributed by atoms with van der Waals surface area (Å²) in [7, 11) is 0. The van der Waals surface area contributed by atoms with E-state index in [0.29, 0.717) is 19.1 Å². The molecule has 128 valence electrons. The molecule has 0 radical (unpaired) electrons. The number of piperidine rings is 1. The van der Waals surface area contributed by atoms with Crippen LogP contribution in [0.5, 0.6) is 0 Å². The van der Waals surface area contributed by atoms with Gasteiger partial charge in [-0.25, -0.2) is 0 Å². The molecule has 0 saturated carbocycles. The van der Waals surface area contributed by atoms with Crippen molar-refractivity contribution in [2.45, 2.75) is 78.0 Å². The van der Waals surface area contributed by atoms with Gasteiger partial charge in [0.25, 0.3) is 0 Å². The SMILES string of the molecule is CCCn1nc(CCC(=O)N2CCCCC2C)c2c1CCOC2. The third-order valence-corrected chi connectivity index (χ3v) is 5.11. The number of carbonyl (C=O) groups excluding carboxylic acids is 1. The molecule has 1 aromatic rings. The monoisotopic (exact) mass is 319 g/mol. The smallest absolute Gasteiger partial charge is 0.223 e. The molecule has 2 aliphatic heterocycles. The summed E-state index contributed by atoms with van der Waals surface area (Å²) in [6, 6.07) is 0.395. The van der Waals surface area contributed by atoms with Crippen LogP contribution in [0.4, 0.5) is 0 Å². The fourth-order valence-electron chi connectivity index (χ4n) is 3.81. The molecule has 0 aliphatic carbocycles. The van der Waals surface area contributed by atoms with Crippen LogP contribution in [0.3, 0.4) is 0 Å². The highest BCUT2D eigenvalue weighted by atomic mass is 16.5. The summed E-state index contributed by atoms with van der Waals surface area (Å²) in [5, 5.41) is 4.78. The molecule has 1 amide bonds. The summed E-state index contributed by atoms with van der Waals surface area (Å²) in [6.45, 7) is 7.66. The number of aryl methyl sites for hydroxylation is 2. The zero-order valence-electron chi connectivity index (χ0n) is 14.5. The lowest BCUT2D eigenvalue weighted by Crippen LogP contribution is -2.42. The van der Waals surface area contributed by atoms with Crippen LogP contribution in [0.15, 0.2) is 0 Å². The third kappa shape index (κ3) is 3.60. The quantitative estimate of drug-likeness (QED) is 0.838. The zero-order valence-corrected chi connectivity index (χ0v) is 14.5. The Labute approximate surface area is 139 Å². The van der Waals surface area contributed by atoms with Gasteiger partial charge < -0.3 is 9.64 Å². The first-order valence-corrected chi connectivity index (χ1v) is 9.15. The summed E-state index contributed by atoms with van der Waals surface area (Å²) >= 11 is 0. The van der Waals surface area contributed by atoms with Gasteiger partial charge in [0.1, 0.15) is 0 Å². The molecule has 1 unspecified atom stereocenters. The van der Waals surface area contributed by atoms with Crippen molar-refractivity contribution in [3.05, 3.63) is 17.0 Å². The lowest BCUT2D eigenvalue weighted by molar-refractivity contribution is -0.134. The summed E-state index contributed by atoms with van der Waals surface area (Å²) in [6.07, 6.45) is 6.87. The molecule has 1 atom stereocenters. The average Bonchev–Trinajstić information content (AvgIpc) is 2.92. The first kappa shape index (κ1) is 16.5. The van der Waals surface area contributed by atoms with Crippen LogP contribution in [0.1, 0.15) is 62.9 Å². The van der Waals surface area contributed by atoms with Crippen LogP contribution in [0, 0.1) is 0 Å². The molecule has 0 spiro atoms. The van der Waals surface area contributed by atoms with Crippen molar-refractivity contribution in [3.63, 3.8) is 0 Å². The molecule has 1 fully saturated rings. The zero-order chi connectivity index (χ0) is 16.2. The van der Waals surface area contributed by atoms with E-state index in [2.05, 4.69) is 23.4 Å². The lowest BCUT2D eigenvalue weighted by atomic mass is 10.0. The van der Waals surface area contributed by atoms with Gasteiger partial charge in [0.05, 0.1) is 18.9 Å². The van der Waals surface area contributed by atoms with Crippen molar-refractivity contribution < 1.29 is 9.53 Å². The predicted octanol–water partition coefficient (Wildman–Crippen LogP) is 2.70. The van der Waals surface area contributed by atoms with Crippen LogP contribution in [0.25, 0.3) is 0 Å². The number of rotatable bonds is 5. The number of carbonyl (C=O) groups is 1. The third-order valence-electron chi connectivity index (χ3n) is 5.11. The van der Waals surface area contributed by atoms with E-state index in [9.17, 15) is 4.79 Å². The van der Waals surface area contributed by atoms with E-state index < -0.39 is 0 Å². The van der Waals surface area contributed by atoms with Crippen molar-refractivity contribution in [1.29, 1.82) is 0 Å². The second-order valence-corrected chi connectivity index (χ2v) is 6.83. The van der Waals surface area contributed by atoms with Crippen molar-refractivity contribution in [2.75, 3.05) is 13.2 Å². The molecule has 1 aromatic heterocycles. The molecule has 5 nitrogen and oxygen atoms in total. The van der Waals surface area contributed by atoms with E-state index in [1.807, 2.05) is 0 Å². The minimum Gasteiger partial charge on any atom is -0.376 e. The second kappa shape index (κ2) is 7.47. The molecular weight excluding hydrogens is 290 g/mol. The van der Waals surface area contributed by atoms with E-state index in [0.717, 1.165) is 57.5 Å². The first-order chi connectivity index (χ1) is 11.2. The summed E-state index contributed by atoms with van der Waals surface area (Å²) in [4.78, 5) is 14.6. The van der Waals surface area contributed by atoms with Gasteiger partial charge in [-0.3, -0.25) is 9.48 Å². The van der Waals surface area contributed by atoms with Gasteiger partial charge in [-0.15, -0.1) is 0 Å².